The highest BCUT2D eigenvalue weighted by molar-refractivity contribution is 5.97. The quantitative estimate of drug-likeness (QED) is 0.767. The fourth-order valence-electron chi connectivity index (χ4n) is 2.72. The van der Waals surface area contributed by atoms with E-state index in [2.05, 4.69) is 0 Å². The molecule has 0 spiro atoms. The van der Waals surface area contributed by atoms with E-state index in [1.54, 1.807) is 31.2 Å². The molecular formula is C22H32O7. The first kappa shape index (κ1) is 26.4. The van der Waals surface area contributed by atoms with Crippen LogP contribution in [-0.4, -0.2) is 40.5 Å². The number of benzene rings is 1. The molecule has 0 aromatic heterocycles. The smallest absolute Gasteiger partial charge is 0.342 e. The number of phenolic OH excluding ortho intramolecular Hbond substituents is 1. The van der Waals surface area contributed by atoms with Gasteiger partial charge in [0.2, 0.25) is 0 Å². The largest absolute Gasteiger partial charge is 0.507 e. The summed E-state index contributed by atoms with van der Waals surface area (Å²) in [6, 6.07) is 3.17. The lowest BCUT2D eigenvalue weighted by Crippen LogP contribution is -2.22. The van der Waals surface area contributed by atoms with Crippen molar-refractivity contribution in [1.29, 1.82) is 0 Å². The van der Waals surface area contributed by atoms with E-state index in [9.17, 15) is 14.7 Å². The molecule has 0 saturated carbocycles. The number of cyclic esters (lactones) is 1. The van der Waals surface area contributed by atoms with E-state index in [-0.39, 0.29) is 34.0 Å². The lowest BCUT2D eigenvalue weighted by molar-refractivity contribution is -0.114. The van der Waals surface area contributed by atoms with Gasteiger partial charge in [-0.3, -0.25) is 4.79 Å². The lowest BCUT2D eigenvalue weighted by Gasteiger charge is -2.19. The van der Waals surface area contributed by atoms with E-state index >= 15 is 0 Å². The summed E-state index contributed by atoms with van der Waals surface area (Å²) < 4.78 is 11.1. The zero-order chi connectivity index (χ0) is 19.8. The minimum atomic E-state index is -0.592. The van der Waals surface area contributed by atoms with Gasteiger partial charge in [0.25, 0.3) is 0 Å². The Balaban J connectivity index is 0.00000392. The van der Waals surface area contributed by atoms with Crippen LogP contribution in [0.1, 0.15) is 62.4 Å². The lowest BCUT2D eigenvalue weighted by atomic mass is 10.0. The molecule has 7 nitrogen and oxygen atoms in total. The molecule has 0 aliphatic carbocycles. The van der Waals surface area contributed by atoms with Crippen LogP contribution >= 0.6 is 0 Å². The Labute approximate surface area is 171 Å². The predicted octanol–water partition coefficient (Wildman–Crippen LogP) is 3.04. The number of phenols is 1. The fourth-order valence-corrected chi connectivity index (χ4v) is 2.72. The second-order valence-electron chi connectivity index (χ2n) is 6.84. The molecule has 0 amide bonds. The van der Waals surface area contributed by atoms with Crippen molar-refractivity contribution < 1.29 is 35.1 Å². The van der Waals surface area contributed by atoms with Gasteiger partial charge in [-0.15, -0.1) is 0 Å². The van der Waals surface area contributed by atoms with Crippen molar-refractivity contribution in [2.75, 3.05) is 6.61 Å². The molecule has 0 unspecified atom stereocenters. The molecule has 2 rings (SSSR count). The van der Waals surface area contributed by atoms with Gasteiger partial charge in [0, 0.05) is 18.4 Å². The summed E-state index contributed by atoms with van der Waals surface area (Å²) in [5, 5.41) is 10.4. The number of fused-ring (bicyclic) bond motifs is 1. The van der Waals surface area contributed by atoms with Crippen LogP contribution in [0.2, 0.25) is 0 Å². The van der Waals surface area contributed by atoms with Gasteiger partial charge in [-0.05, 0) is 43.9 Å². The molecule has 1 aliphatic rings. The third kappa shape index (κ3) is 7.71. The Kier molecular flexibility index (Phi) is 11.6. The molecule has 1 aromatic rings. The van der Waals surface area contributed by atoms with Crippen LogP contribution in [0.3, 0.4) is 0 Å². The molecule has 2 atom stereocenters. The van der Waals surface area contributed by atoms with Crippen LogP contribution in [-0.2, 0) is 9.53 Å². The number of hydrogen-bond acceptors (Lipinski definition) is 5. The minimum Gasteiger partial charge on any atom is -0.507 e. The molecule has 0 bridgehead atoms. The molecule has 1 aromatic carbocycles. The number of rotatable bonds is 3. The molecule has 162 valence electrons. The van der Waals surface area contributed by atoms with Gasteiger partial charge < -0.3 is 25.5 Å². The summed E-state index contributed by atoms with van der Waals surface area (Å²) in [7, 11) is 0. The maximum Gasteiger partial charge on any atom is 0.342 e. The van der Waals surface area contributed by atoms with Crippen molar-refractivity contribution in [3.63, 3.8) is 0 Å². The Bertz CT molecular complexity index is 737. The van der Waals surface area contributed by atoms with Gasteiger partial charge in [-0.1, -0.05) is 32.1 Å². The van der Waals surface area contributed by atoms with E-state index in [0.29, 0.717) is 30.8 Å². The number of ether oxygens (including phenoxy) is 2. The summed E-state index contributed by atoms with van der Waals surface area (Å²) in [6.07, 6.45) is 9.29. The van der Waals surface area contributed by atoms with Crippen LogP contribution in [0, 0.1) is 5.92 Å². The maximum absolute atomic E-state index is 12.7. The zero-order valence-electron chi connectivity index (χ0n) is 17.2. The van der Waals surface area contributed by atoms with Crippen molar-refractivity contribution in [2.24, 2.45) is 5.92 Å². The number of esters is 1. The fraction of sp³-hybridized carbons (Fsp3) is 0.455. The second-order valence-corrected chi connectivity index (χ2v) is 6.84. The average Bonchev–Trinajstić information content (AvgIpc) is 2.62. The number of ketones is 1. The molecule has 1 aliphatic heterocycles. The average molecular weight is 408 g/mol. The van der Waals surface area contributed by atoms with Crippen molar-refractivity contribution in [2.45, 2.75) is 52.6 Å². The highest BCUT2D eigenvalue weighted by Gasteiger charge is 2.22. The first-order valence-corrected chi connectivity index (χ1v) is 9.50. The third-order valence-electron chi connectivity index (χ3n) is 4.51. The Morgan fingerprint density at radius 1 is 1.17 bits per heavy atom. The van der Waals surface area contributed by atoms with Crippen molar-refractivity contribution in [3.8, 4) is 11.5 Å². The Morgan fingerprint density at radius 2 is 1.90 bits per heavy atom. The van der Waals surface area contributed by atoms with Gasteiger partial charge in [0.15, 0.2) is 5.78 Å². The van der Waals surface area contributed by atoms with E-state index in [0.717, 1.165) is 12.8 Å². The molecule has 1 heterocycles. The van der Waals surface area contributed by atoms with Gasteiger partial charge >= 0.3 is 5.97 Å². The summed E-state index contributed by atoms with van der Waals surface area (Å²) >= 11 is 0. The van der Waals surface area contributed by atoms with Crippen molar-refractivity contribution in [3.05, 3.63) is 41.5 Å². The Hall–Kier alpha value is -2.64. The highest BCUT2D eigenvalue weighted by atomic mass is 16.5. The summed E-state index contributed by atoms with van der Waals surface area (Å²) in [5.41, 5.74) is 0.677. The molecule has 0 radical (unpaired) electrons. The minimum absolute atomic E-state index is 0. The van der Waals surface area contributed by atoms with E-state index in [1.807, 2.05) is 19.9 Å². The third-order valence-corrected chi connectivity index (χ3v) is 4.51. The standard InChI is InChI=1S/C22H28O5.2H2O/c1-4-12-26-19-13-17-8-6-5-7-9-18(23)11-10-15(2)16(3)27-22(25)21(17)20(24)14-19;;/h6,8,10-11,13-16,24H,4-5,7,9,12H2,1-3H3;2*1H2/b8-6+,11-10-;;/t15-,16+;;/m1../s1. The second kappa shape index (κ2) is 12.7. The first-order chi connectivity index (χ1) is 12.9. The molecular weight excluding hydrogens is 376 g/mol. The Morgan fingerprint density at radius 3 is 2.59 bits per heavy atom. The maximum atomic E-state index is 12.7. The van der Waals surface area contributed by atoms with Crippen molar-refractivity contribution >= 4 is 17.8 Å². The summed E-state index contributed by atoms with van der Waals surface area (Å²) in [5.74, 6) is -0.296. The molecule has 0 saturated heterocycles. The van der Waals surface area contributed by atoms with Crippen molar-refractivity contribution in [1.82, 2.24) is 0 Å². The molecule has 7 heteroatoms. The van der Waals surface area contributed by atoms with Crippen LogP contribution in [0.4, 0.5) is 0 Å². The van der Waals surface area contributed by atoms with Gasteiger partial charge in [0.05, 0.1) is 6.61 Å². The monoisotopic (exact) mass is 408 g/mol. The van der Waals surface area contributed by atoms with Crippen LogP contribution in [0.15, 0.2) is 30.4 Å². The van der Waals surface area contributed by atoms with E-state index in [4.69, 9.17) is 9.47 Å². The number of carbonyl (C=O) groups excluding carboxylic acids is 2. The first-order valence-electron chi connectivity index (χ1n) is 9.50. The van der Waals surface area contributed by atoms with Crippen LogP contribution in [0.5, 0.6) is 11.5 Å². The number of carbonyl (C=O) groups is 2. The number of hydrogen-bond donors (Lipinski definition) is 1. The molecule has 0 fully saturated rings. The topological polar surface area (TPSA) is 136 Å². The SMILES string of the molecule is CCCOc1cc(O)c2c(c1)/C=C/CCCC(=O)/C=C\[C@@H](C)[C@H](C)OC2=O.O.O. The number of aromatic hydroxyl groups is 1. The summed E-state index contributed by atoms with van der Waals surface area (Å²) in [6.45, 7) is 6.18. The van der Waals surface area contributed by atoms with Gasteiger partial charge in [-0.25, -0.2) is 4.79 Å². The van der Waals surface area contributed by atoms with Gasteiger partial charge in [-0.2, -0.15) is 0 Å². The number of allylic oxidation sites excluding steroid dienone is 2. The van der Waals surface area contributed by atoms with Gasteiger partial charge in [0.1, 0.15) is 23.2 Å². The van der Waals surface area contributed by atoms with Crippen LogP contribution < -0.4 is 4.74 Å². The molecule has 5 N–H and O–H groups in total. The zero-order valence-corrected chi connectivity index (χ0v) is 17.2. The van der Waals surface area contributed by atoms with E-state index in [1.165, 1.54) is 6.07 Å². The normalized spacial score (nSPS) is 22.0. The van der Waals surface area contributed by atoms with Crippen LogP contribution in [0.25, 0.3) is 6.08 Å². The molecule has 29 heavy (non-hydrogen) atoms. The predicted molar refractivity (Wildman–Crippen MR) is 112 cm³/mol. The summed E-state index contributed by atoms with van der Waals surface area (Å²) in [4.78, 5) is 24.6. The highest BCUT2D eigenvalue weighted by Crippen LogP contribution is 2.31. The van der Waals surface area contributed by atoms with E-state index < -0.39 is 12.1 Å².